The first-order valence-corrected chi connectivity index (χ1v) is 12.3. The molecule has 1 aromatic heterocycles. The molecule has 4 rings (SSSR count). The number of nitrogens with one attached hydrogen (secondary N) is 1. The van der Waals surface area contributed by atoms with Crippen molar-refractivity contribution < 1.29 is 28.6 Å². The number of carboxylic acids is 1. The summed E-state index contributed by atoms with van der Waals surface area (Å²) in [5.41, 5.74) is -1.28. The molecule has 0 bridgehead atoms. The van der Waals surface area contributed by atoms with E-state index < -0.39 is 40.5 Å². The van der Waals surface area contributed by atoms with Crippen LogP contribution in [0.15, 0.2) is 17.1 Å². The van der Waals surface area contributed by atoms with E-state index in [9.17, 15) is 24.8 Å². The number of carboxylic acid groups (broad SMARTS) is 1. The molecule has 1 aromatic carbocycles. The second kappa shape index (κ2) is 9.92. The molecule has 0 radical (unpaired) electrons. The minimum atomic E-state index is -1.36. The Balaban J connectivity index is 1.63. The molecule has 1 saturated heterocycles. The van der Waals surface area contributed by atoms with Crippen molar-refractivity contribution in [3.63, 3.8) is 0 Å². The van der Waals surface area contributed by atoms with Gasteiger partial charge in [-0.1, -0.05) is 0 Å². The molecular formula is C26H31FN4O6. The number of halogens is 1. The average Bonchev–Trinajstić information content (AvgIpc) is 3.55. The highest BCUT2D eigenvalue weighted by atomic mass is 19.1. The fraction of sp³-hybridized carbons (Fsp3) is 0.538. The number of pyridine rings is 1. The lowest BCUT2D eigenvalue weighted by Crippen LogP contribution is -2.39. The van der Waals surface area contributed by atoms with Gasteiger partial charge >= 0.3 is 12.1 Å². The highest BCUT2D eigenvalue weighted by molar-refractivity contribution is 5.97. The summed E-state index contributed by atoms with van der Waals surface area (Å²) in [4.78, 5) is 38.5. The van der Waals surface area contributed by atoms with Crippen LogP contribution in [0.25, 0.3) is 10.9 Å². The number of fused-ring (bicyclic) bond motifs is 1. The number of hydrogen-bond donors (Lipinski definition) is 2. The quantitative estimate of drug-likeness (QED) is 0.570. The van der Waals surface area contributed by atoms with Crippen LogP contribution in [0.2, 0.25) is 0 Å². The van der Waals surface area contributed by atoms with E-state index in [1.165, 1.54) is 13.3 Å². The van der Waals surface area contributed by atoms with Crippen molar-refractivity contribution in [3.8, 4) is 11.8 Å². The smallest absolute Gasteiger partial charge is 0.408 e. The van der Waals surface area contributed by atoms with Crippen LogP contribution >= 0.6 is 0 Å². The van der Waals surface area contributed by atoms with Crippen molar-refractivity contribution in [2.24, 2.45) is 5.92 Å². The van der Waals surface area contributed by atoms with Gasteiger partial charge in [0.2, 0.25) is 5.43 Å². The van der Waals surface area contributed by atoms with Crippen molar-refractivity contribution in [2.75, 3.05) is 25.1 Å². The van der Waals surface area contributed by atoms with Gasteiger partial charge in [-0.25, -0.2) is 14.0 Å². The minimum Gasteiger partial charge on any atom is -0.492 e. The van der Waals surface area contributed by atoms with Crippen LogP contribution in [0, 0.1) is 23.1 Å². The van der Waals surface area contributed by atoms with Crippen LogP contribution in [-0.4, -0.2) is 53.6 Å². The van der Waals surface area contributed by atoms with Gasteiger partial charge in [0.15, 0.2) is 11.6 Å². The number of carbonyl (C=O) groups excluding carboxylic acids is 1. The fourth-order valence-electron chi connectivity index (χ4n) is 4.88. The minimum absolute atomic E-state index is 0.00931. The number of nitriles is 1. The number of amides is 1. The zero-order valence-corrected chi connectivity index (χ0v) is 21.3. The average molecular weight is 515 g/mol. The Morgan fingerprint density at radius 3 is 2.59 bits per heavy atom. The monoisotopic (exact) mass is 514 g/mol. The molecule has 10 nitrogen and oxygen atoms in total. The van der Waals surface area contributed by atoms with Crippen LogP contribution in [0.3, 0.4) is 0 Å². The van der Waals surface area contributed by atoms with Gasteiger partial charge in [-0.2, -0.15) is 5.26 Å². The number of hydrogen-bond acceptors (Lipinski definition) is 7. The summed E-state index contributed by atoms with van der Waals surface area (Å²) in [6.07, 6.45) is 3.30. The summed E-state index contributed by atoms with van der Waals surface area (Å²) >= 11 is 0. The molecule has 198 valence electrons. The predicted molar refractivity (Wildman–Crippen MR) is 134 cm³/mol. The maximum Gasteiger partial charge on any atom is 0.408 e. The molecule has 0 spiro atoms. The van der Waals surface area contributed by atoms with Crippen molar-refractivity contribution in [1.82, 2.24) is 9.88 Å². The number of nitrogens with zero attached hydrogens (tertiary/aromatic N) is 3. The standard InChI is InChI=1S/C26H31FN4O6/c1-26(2,3)37-25(35)29-15(11-28)9-14-7-8-30(12-14)21-19(27)10-17-20(23(21)36-4)31(16-5-6-16)13-18(22(17)32)24(33)34/h10,13-16H,5-9,12H2,1-4H3,(H,29,35)(H,33,34). The third-order valence-corrected chi connectivity index (χ3v) is 6.59. The SMILES string of the molecule is COc1c(N2CCC(CC(C#N)NC(=O)OC(C)(C)C)C2)c(F)cc2c(=O)c(C(=O)O)cn(C3CC3)c12. The molecule has 2 N–H and O–H groups in total. The molecule has 11 heteroatoms. The van der Waals surface area contributed by atoms with Crippen molar-refractivity contribution >= 4 is 28.7 Å². The summed E-state index contributed by atoms with van der Waals surface area (Å²) in [7, 11) is 1.40. The zero-order valence-electron chi connectivity index (χ0n) is 21.3. The van der Waals surface area contributed by atoms with E-state index in [0.717, 1.165) is 18.9 Å². The maximum atomic E-state index is 15.5. The molecule has 2 heterocycles. The summed E-state index contributed by atoms with van der Waals surface area (Å²) in [6.45, 7) is 6.10. The second-order valence-electron chi connectivity index (χ2n) is 10.6. The molecule has 2 aromatic rings. The summed E-state index contributed by atoms with van der Waals surface area (Å²) in [5.74, 6) is -1.88. The first-order chi connectivity index (χ1) is 17.4. The van der Waals surface area contributed by atoms with Crippen molar-refractivity contribution in [3.05, 3.63) is 33.9 Å². The molecule has 2 fully saturated rings. The number of ether oxygens (including phenoxy) is 2. The van der Waals surface area contributed by atoms with Crippen LogP contribution in [0.4, 0.5) is 14.9 Å². The van der Waals surface area contributed by atoms with Gasteiger partial charge in [-0.15, -0.1) is 0 Å². The number of methoxy groups -OCH3 is 1. The maximum absolute atomic E-state index is 15.5. The van der Waals surface area contributed by atoms with E-state index in [-0.39, 0.29) is 28.8 Å². The Morgan fingerprint density at radius 2 is 2.03 bits per heavy atom. The summed E-state index contributed by atoms with van der Waals surface area (Å²) < 4.78 is 28.1. The first-order valence-electron chi connectivity index (χ1n) is 12.3. The molecule has 2 unspecified atom stereocenters. The van der Waals surface area contributed by atoms with Crippen LogP contribution in [-0.2, 0) is 4.74 Å². The normalized spacial score (nSPS) is 18.4. The van der Waals surface area contributed by atoms with E-state index in [2.05, 4.69) is 11.4 Å². The number of benzene rings is 1. The second-order valence-corrected chi connectivity index (χ2v) is 10.6. The van der Waals surface area contributed by atoms with Gasteiger partial charge in [-0.3, -0.25) is 4.79 Å². The van der Waals surface area contributed by atoms with Crippen molar-refractivity contribution in [2.45, 2.75) is 64.1 Å². The molecule has 37 heavy (non-hydrogen) atoms. The number of alkyl carbamates (subject to hydrolysis) is 1. The highest BCUT2D eigenvalue weighted by Crippen LogP contribution is 2.44. The Hall–Kier alpha value is -3.81. The Morgan fingerprint density at radius 1 is 1.32 bits per heavy atom. The number of carbonyl (C=O) groups is 2. The fourth-order valence-corrected chi connectivity index (χ4v) is 4.88. The molecule has 1 aliphatic heterocycles. The van der Waals surface area contributed by atoms with Gasteiger partial charge in [-0.05, 0) is 58.4 Å². The van der Waals surface area contributed by atoms with Gasteiger partial charge in [0.1, 0.15) is 22.9 Å². The Labute approximate surface area is 213 Å². The summed E-state index contributed by atoms with van der Waals surface area (Å²) in [5, 5.41) is 21.6. The number of aromatic nitrogens is 1. The first kappa shape index (κ1) is 26.3. The van der Waals surface area contributed by atoms with E-state index in [1.807, 2.05) is 4.90 Å². The van der Waals surface area contributed by atoms with E-state index in [0.29, 0.717) is 31.4 Å². The lowest BCUT2D eigenvalue weighted by molar-refractivity contribution is 0.0510. The molecule has 1 aliphatic carbocycles. The van der Waals surface area contributed by atoms with Crippen LogP contribution < -0.4 is 20.4 Å². The molecule has 1 amide bonds. The topological polar surface area (TPSA) is 134 Å². The van der Waals surface area contributed by atoms with E-state index in [4.69, 9.17) is 9.47 Å². The number of rotatable bonds is 7. The van der Waals surface area contributed by atoms with Gasteiger partial charge in [0.25, 0.3) is 0 Å². The largest absolute Gasteiger partial charge is 0.492 e. The van der Waals surface area contributed by atoms with Gasteiger partial charge in [0.05, 0.1) is 24.1 Å². The summed E-state index contributed by atoms with van der Waals surface area (Å²) in [6, 6.07) is 2.43. The third-order valence-electron chi connectivity index (χ3n) is 6.59. The predicted octanol–water partition coefficient (Wildman–Crippen LogP) is 3.82. The molecular weight excluding hydrogens is 483 g/mol. The lowest BCUT2D eigenvalue weighted by atomic mass is 10.00. The lowest BCUT2D eigenvalue weighted by Gasteiger charge is -2.25. The van der Waals surface area contributed by atoms with Crippen LogP contribution in [0.5, 0.6) is 5.75 Å². The Kier molecular flexibility index (Phi) is 7.04. The highest BCUT2D eigenvalue weighted by Gasteiger charge is 2.34. The van der Waals surface area contributed by atoms with E-state index in [1.54, 1.807) is 25.3 Å². The van der Waals surface area contributed by atoms with Crippen LogP contribution in [0.1, 0.15) is 62.9 Å². The molecule has 2 atom stereocenters. The molecule has 2 aliphatic rings. The van der Waals surface area contributed by atoms with E-state index >= 15 is 4.39 Å². The Bertz CT molecular complexity index is 1340. The van der Waals surface area contributed by atoms with Crippen molar-refractivity contribution in [1.29, 1.82) is 5.26 Å². The van der Waals surface area contributed by atoms with Gasteiger partial charge < -0.3 is 29.4 Å². The number of anilines is 1. The zero-order chi connectivity index (χ0) is 27.1. The third kappa shape index (κ3) is 5.48. The number of aromatic carboxylic acids is 1. The van der Waals surface area contributed by atoms with Gasteiger partial charge in [0, 0.05) is 25.3 Å². The molecule has 1 saturated carbocycles.